The third-order valence-corrected chi connectivity index (χ3v) is 6.01. The largest absolute Gasteiger partial charge is 0.394 e. The van der Waals surface area contributed by atoms with E-state index in [2.05, 4.69) is 5.32 Å². The molecule has 7 nitrogen and oxygen atoms in total. The van der Waals surface area contributed by atoms with E-state index in [4.69, 9.17) is 16.7 Å². The number of anilines is 1. The summed E-state index contributed by atoms with van der Waals surface area (Å²) in [6.07, 6.45) is 0. The van der Waals surface area contributed by atoms with Crippen LogP contribution in [0.25, 0.3) is 0 Å². The van der Waals surface area contributed by atoms with Crippen molar-refractivity contribution in [3.8, 4) is 0 Å². The van der Waals surface area contributed by atoms with E-state index >= 15 is 0 Å². The maximum absolute atomic E-state index is 12.4. The molecule has 9 heteroatoms. The maximum atomic E-state index is 12.4. The molecule has 0 aromatic heterocycles. The van der Waals surface area contributed by atoms with E-state index in [1.165, 1.54) is 18.2 Å². The van der Waals surface area contributed by atoms with Gasteiger partial charge in [-0.25, -0.2) is 12.7 Å². The molecule has 0 radical (unpaired) electrons. The van der Waals surface area contributed by atoms with Crippen LogP contribution in [0, 0.1) is 5.41 Å². The van der Waals surface area contributed by atoms with Gasteiger partial charge in [0, 0.05) is 6.04 Å². The molecule has 0 bridgehead atoms. The highest BCUT2D eigenvalue weighted by Crippen LogP contribution is 2.36. The Morgan fingerprint density at radius 2 is 2.08 bits per heavy atom. The number of aliphatic hydroxyl groups excluding tert-OH is 1. The first-order chi connectivity index (χ1) is 11.0. The minimum absolute atomic E-state index is 0.0298. The summed E-state index contributed by atoms with van der Waals surface area (Å²) in [5, 5.41) is 11.6. The molecule has 1 saturated heterocycles. The van der Waals surface area contributed by atoms with Crippen molar-refractivity contribution >= 4 is 39.1 Å². The number of amides is 2. The quantitative estimate of drug-likeness (QED) is 0.822. The van der Waals surface area contributed by atoms with Crippen LogP contribution < -0.4 is 9.62 Å². The maximum Gasteiger partial charge on any atom is 0.253 e. The van der Waals surface area contributed by atoms with Gasteiger partial charge in [-0.15, -0.1) is 0 Å². The van der Waals surface area contributed by atoms with Crippen molar-refractivity contribution in [3.63, 3.8) is 0 Å². The number of nitrogens with one attached hydrogen (secondary N) is 1. The average Bonchev–Trinajstić information content (AvgIpc) is 2.63. The summed E-state index contributed by atoms with van der Waals surface area (Å²) in [4.78, 5) is 24.6. The van der Waals surface area contributed by atoms with E-state index in [0.717, 1.165) is 4.31 Å². The second kappa shape index (κ2) is 6.34. The third kappa shape index (κ3) is 3.40. The topological polar surface area (TPSA) is 104 Å². The van der Waals surface area contributed by atoms with E-state index in [0.29, 0.717) is 0 Å². The molecule has 0 saturated carbocycles. The Morgan fingerprint density at radius 3 is 2.58 bits per heavy atom. The van der Waals surface area contributed by atoms with Crippen molar-refractivity contribution in [2.45, 2.75) is 26.8 Å². The zero-order chi connectivity index (χ0) is 18.3. The summed E-state index contributed by atoms with van der Waals surface area (Å²) in [5.41, 5.74) is -0.939. The van der Waals surface area contributed by atoms with Gasteiger partial charge in [0.1, 0.15) is 0 Å². The Labute approximate surface area is 145 Å². The van der Waals surface area contributed by atoms with Crippen LogP contribution in [0.4, 0.5) is 5.69 Å². The van der Waals surface area contributed by atoms with E-state index in [-0.39, 0.29) is 28.6 Å². The number of hydrogen-bond acceptors (Lipinski definition) is 5. The van der Waals surface area contributed by atoms with Gasteiger partial charge in [-0.1, -0.05) is 11.6 Å². The Balaban J connectivity index is 2.45. The SMILES string of the molecule is C[C@@H](CO)NC(=O)c1cc(N2C(=O)C(C)(C)CS2(=O)=O)ccc1Cl. The molecule has 0 unspecified atom stereocenters. The fraction of sp³-hybridized carbons (Fsp3) is 0.467. The number of halogens is 1. The van der Waals surface area contributed by atoms with Crippen LogP contribution in [0.5, 0.6) is 0 Å². The second-order valence-electron chi connectivity index (χ2n) is 6.43. The molecular formula is C15H19ClN2O5S. The zero-order valence-electron chi connectivity index (χ0n) is 13.5. The van der Waals surface area contributed by atoms with Crippen molar-refractivity contribution in [1.29, 1.82) is 0 Å². The van der Waals surface area contributed by atoms with Gasteiger partial charge in [0.2, 0.25) is 15.9 Å². The molecule has 1 aromatic carbocycles. The Hall–Kier alpha value is -1.64. The first kappa shape index (κ1) is 18.7. The summed E-state index contributed by atoms with van der Waals surface area (Å²) in [5.74, 6) is -1.42. The first-order valence-electron chi connectivity index (χ1n) is 7.28. The molecule has 1 aliphatic rings. The summed E-state index contributed by atoms with van der Waals surface area (Å²) in [6, 6.07) is 3.52. The van der Waals surface area contributed by atoms with Gasteiger partial charge in [-0.2, -0.15) is 0 Å². The van der Waals surface area contributed by atoms with E-state index in [1.54, 1.807) is 20.8 Å². The highest BCUT2D eigenvalue weighted by molar-refractivity contribution is 7.94. The molecule has 0 aliphatic carbocycles. The molecule has 2 amide bonds. The predicted octanol–water partition coefficient (Wildman–Crippen LogP) is 1.15. The van der Waals surface area contributed by atoms with Gasteiger partial charge < -0.3 is 10.4 Å². The van der Waals surface area contributed by atoms with Crippen LogP contribution in [-0.4, -0.2) is 43.7 Å². The van der Waals surface area contributed by atoms with Crippen LogP contribution in [0.15, 0.2) is 18.2 Å². The van der Waals surface area contributed by atoms with E-state index in [9.17, 15) is 18.0 Å². The fourth-order valence-electron chi connectivity index (χ4n) is 2.42. The monoisotopic (exact) mass is 374 g/mol. The summed E-state index contributed by atoms with van der Waals surface area (Å²) in [6.45, 7) is 4.46. The minimum atomic E-state index is -3.81. The van der Waals surface area contributed by atoms with Crippen molar-refractivity contribution in [2.75, 3.05) is 16.7 Å². The van der Waals surface area contributed by atoms with Gasteiger partial charge in [-0.3, -0.25) is 9.59 Å². The Bertz CT molecular complexity index is 791. The lowest BCUT2D eigenvalue weighted by Gasteiger charge is -2.19. The zero-order valence-corrected chi connectivity index (χ0v) is 15.1. The van der Waals surface area contributed by atoms with Crippen molar-refractivity contribution in [1.82, 2.24) is 5.32 Å². The molecule has 132 valence electrons. The Morgan fingerprint density at radius 1 is 1.46 bits per heavy atom. The third-order valence-electron chi connectivity index (χ3n) is 3.67. The standard InChI is InChI=1S/C15H19ClN2O5S/c1-9(7-19)17-13(20)11-6-10(4-5-12(11)16)18-14(21)15(2,3)8-24(18,22)23/h4-6,9,19H,7-8H2,1-3H3,(H,17,20)/t9-/m0/s1. The molecule has 1 heterocycles. The number of carbonyl (C=O) groups excluding carboxylic acids is 2. The van der Waals surface area contributed by atoms with Gasteiger partial charge >= 0.3 is 0 Å². The smallest absolute Gasteiger partial charge is 0.253 e. The first-order valence-corrected chi connectivity index (χ1v) is 9.27. The fourth-order valence-corrected chi connectivity index (χ4v) is 4.72. The van der Waals surface area contributed by atoms with Crippen molar-refractivity contribution < 1.29 is 23.1 Å². The van der Waals surface area contributed by atoms with Crippen LogP contribution in [0.3, 0.4) is 0 Å². The lowest BCUT2D eigenvalue weighted by Crippen LogP contribution is -2.36. The van der Waals surface area contributed by atoms with Crippen LogP contribution in [-0.2, 0) is 14.8 Å². The highest BCUT2D eigenvalue weighted by Gasteiger charge is 2.50. The summed E-state index contributed by atoms with van der Waals surface area (Å²) < 4.78 is 25.4. The number of sulfonamides is 1. The van der Waals surface area contributed by atoms with Gasteiger partial charge in [0.25, 0.3) is 5.91 Å². The molecule has 1 aliphatic heterocycles. The summed E-state index contributed by atoms with van der Waals surface area (Å²) >= 11 is 6.01. The van der Waals surface area contributed by atoms with Crippen LogP contribution in [0.2, 0.25) is 5.02 Å². The van der Waals surface area contributed by atoms with Crippen molar-refractivity contribution in [3.05, 3.63) is 28.8 Å². The van der Waals surface area contributed by atoms with Gasteiger partial charge in [-0.05, 0) is 39.0 Å². The lowest BCUT2D eigenvalue weighted by atomic mass is 9.95. The van der Waals surface area contributed by atoms with E-state index < -0.39 is 33.3 Å². The molecule has 1 aromatic rings. The van der Waals surface area contributed by atoms with Gasteiger partial charge in [0.15, 0.2) is 0 Å². The summed E-state index contributed by atoms with van der Waals surface area (Å²) in [7, 11) is -3.81. The normalized spacial score (nSPS) is 20.0. The lowest BCUT2D eigenvalue weighted by molar-refractivity contribution is -0.123. The number of aliphatic hydroxyl groups is 1. The Kier molecular flexibility index (Phi) is 4.94. The van der Waals surface area contributed by atoms with Crippen LogP contribution in [0.1, 0.15) is 31.1 Å². The molecule has 2 rings (SSSR count). The average molecular weight is 375 g/mol. The molecule has 0 spiro atoms. The molecule has 24 heavy (non-hydrogen) atoms. The number of hydrogen-bond donors (Lipinski definition) is 2. The van der Waals surface area contributed by atoms with E-state index in [1.807, 2.05) is 0 Å². The van der Waals surface area contributed by atoms with Crippen molar-refractivity contribution in [2.24, 2.45) is 5.41 Å². The molecular weight excluding hydrogens is 356 g/mol. The highest BCUT2D eigenvalue weighted by atomic mass is 35.5. The van der Waals surface area contributed by atoms with Gasteiger partial charge in [0.05, 0.1) is 34.0 Å². The second-order valence-corrected chi connectivity index (χ2v) is 8.66. The molecule has 1 fully saturated rings. The van der Waals surface area contributed by atoms with Crippen LogP contribution >= 0.6 is 11.6 Å². The predicted molar refractivity (Wildman–Crippen MR) is 90.5 cm³/mol. The number of nitrogens with zero attached hydrogens (tertiary/aromatic N) is 1. The number of carbonyl (C=O) groups is 2. The number of benzene rings is 1. The number of rotatable bonds is 4. The molecule has 1 atom stereocenters. The minimum Gasteiger partial charge on any atom is -0.394 e. The molecule has 2 N–H and O–H groups in total.